The van der Waals surface area contributed by atoms with E-state index in [1.165, 1.54) is 23.1 Å². The molecule has 12 heteroatoms. The van der Waals surface area contributed by atoms with Gasteiger partial charge in [0.05, 0.1) is 11.5 Å². The molecule has 1 unspecified atom stereocenters. The lowest BCUT2D eigenvalue weighted by Gasteiger charge is -2.12. The maximum atomic E-state index is 12.3. The average molecular weight is 413 g/mol. The number of alkyl halides is 3. The number of furan rings is 1. The zero-order chi connectivity index (χ0) is 20.3. The molecule has 1 amide bonds. The summed E-state index contributed by atoms with van der Waals surface area (Å²) >= 11 is 1.06. The number of hydrogen-bond acceptors (Lipinski definition) is 7. The molecule has 0 aliphatic rings. The van der Waals surface area contributed by atoms with E-state index in [1.807, 2.05) is 0 Å². The van der Waals surface area contributed by atoms with Crippen LogP contribution in [0.1, 0.15) is 6.92 Å². The van der Waals surface area contributed by atoms with Crippen LogP contribution in [0.4, 0.5) is 18.9 Å². The second-order valence-corrected chi connectivity index (χ2v) is 6.78. The van der Waals surface area contributed by atoms with Gasteiger partial charge in [0, 0.05) is 5.69 Å². The van der Waals surface area contributed by atoms with Crippen LogP contribution in [0.3, 0.4) is 0 Å². The SMILES string of the molecule is CC(Sc1nnc(-c2ccco2)n1N)C(=O)Nc1ccc(OC(F)(F)F)cc1. The number of nitrogens with one attached hydrogen (secondary N) is 1. The molecule has 148 valence electrons. The molecule has 1 atom stereocenters. The molecule has 0 spiro atoms. The number of ether oxygens (including phenoxy) is 1. The lowest BCUT2D eigenvalue weighted by molar-refractivity contribution is -0.274. The highest BCUT2D eigenvalue weighted by atomic mass is 32.2. The monoisotopic (exact) mass is 413 g/mol. The molecule has 0 bridgehead atoms. The van der Waals surface area contributed by atoms with E-state index in [4.69, 9.17) is 10.3 Å². The van der Waals surface area contributed by atoms with Gasteiger partial charge in [-0.1, -0.05) is 11.8 Å². The van der Waals surface area contributed by atoms with E-state index in [1.54, 1.807) is 19.1 Å². The lowest BCUT2D eigenvalue weighted by atomic mass is 10.3. The number of benzene rings is 1. The predicted molar refractivity (Wildman–Crippen MR) is 94.9 cm³/mol. The summed E-state index contributed by atoms with van der Waals surface area (Å²) in [5, 5.41) is 10.1. The summed E-state index contributed by atoms with van der Waals surface area (Å²) in [7, 11) is 0. The van der Waals surface area contributed by atoms with Gasteiger partial charge in [0.2, 0.25) is 16.9 Å². The molecule has 0 saturated heterocycles. The molecule has 28 heavy (non-hydrogen) atoms. The largest absolute Gasteiger partial charge is 0.573 e. The van der Waals surface area contributed by atoms with Gasteiger partial charge in [-0.25, -0.2) is 4.68 Å². The predicted octanol–water partition coefficient (Wildman–Crippen LogP) is 3.27. The van der Waals surface area contributed by atoms with Gasteiger partial charge in [0.25, 0.3) is 0 Å². The Balaban J connectivity index is 1.61. The van der Waals surface area contributed by atoms with Crippen LogP contribution in [-0.2, 0) is 4.79 Å². The van der Waals surface area contributed by atoms with Crippen molar-refractivity contribution in [1.82, 2.24) is 14.9 Å². The first-order valence-electron chi connectivity index (χ1n) is 7.80. The summed E-state index contributed by atoms with van der Waals surface area (Å²) in [6.45, 7) is 1.63. The molecule has 3 rings (SSSR count). The third-order valence-electron chi connectivity index (χ3n) is 3.41. The summed E-state index contributed by atoms with van der Waals surface area (Å²) in [6.07, 6.45) is -3.31. The van der Waals surface area contributed by atoms with Gasteiger partial charge in [0.1, 0.15) is 5.75 Å². The first-order chi connectivity index (χ1) is 13.2. The number of nitrogens with zero attached hydrogens (tertiary/aromatic N) is 3. The van der Waals surface area contributed by atoms with Crippen LogP contribution < -0.4 is 15.9 Å². The Morgan fingerprint density at radius 1 is 1.29 bits per heavy atom. The standard InChI is InChI=1S/C16H14F3N5O3S/c1-9(28-15-23-22-13(24(15)20)12-3-2-8-26-12)14(25)21-10-4-6-11(7-5-10)27-16(17,18)19/h2-9H,20H2,1H3,(H,21,25). The van der Waals surface area contributed by atoms with Crippen LogP contribution in [0.15, 0.2) is 52.2 Å². The van der Waals surface area contributed by atoms with Crippen molar-refractivity contribution in [3.63, 3.8) is 0 Å². The molecule has 3 N–H and O–H groups in total. The molecular formula is C16H14F3N5O3S. The number of carbonyl (C=O) groups excluding carboxylic acids is 1. The van der Waals surface area contributed by atoms with Gasteiger partial charge >= 0.3 is 6.36 Å². The second-order valence-electron chi connectivity index (χ2n) is 5.47. The number of halogens is 3. The third kappa shape index (κ3) is 4.76. The quantitative estimate of drug-likeness (QED) is 0.472. The number of anilines is 1. The Morgan fingerprint density at radius 2 is 2.00 bits per heavy atom. The zero-order valence-electron chi connectivity index (χ0n) is 14.3. The minimum Gasteiger partial charge on any atom is -0.461 e. The van der Waals surface area contributed by atoms with Gasteiger partial charge in [0.15, 0.2) is 5.76 Å². The van der Waals surface area contributed by atoms with Gasteiger partial charge in [-0.15, -0.1) is 23.4 Å². The zero-order valence-corrected chi connectivity index (χ0v) is 15.1. The maximum absolute atomic E-state index is 12.3. The van der Waals surface area contributed by atoms with Gasteiger partial charge < -0.3 is 20.3 Å². The van der Waals surface area contributed by atoms with E-state index in [9.17, 15) is 18.0 Å². The van der Waals surface area contributed by atoms with Gasteiger partial charge in [-0.3, -0.25) is 4.79 Å². The maximum Gasteiger partial charge on any atom is 0.573 e. The summed E-state index contributed by atoms with van der Waals surface area (Å²) < 4.78 is 46.7. The van der Waals surface area contributed by atoms with Gasteiger partial charge in [-0.2, -0.15) is 0 Å². The molecule has 3 aromatic rings. The first kappa shape index (κ1) is 19.6. The molecule has 0 radical (unpaired) electrons. The van der Waals surface area contributed by atoms with E-state index in [2.05, 4.69) is 20.3 Å². The molecule has 0 fully saturated rings. The Kier molecular flexibility index (Phi) is 5.49. The molecular weight excluding hydrogens is 399 g/mol. The van der Waals surface area contributed by atoms with E-state index in [-0.39, 0.29) is 5.75 Å². The minimum absolute atomic E-state index is 0.294. The first-order valence-corrected chi connectivity index (χ1v) is 8.68. The summed E-state index contributed by atoms with van der Waals surface area (Å²) in [6, 6.07) is 8.16. The number of aromatic nitrogens is 3. The molecule has 1 aromatic carbocycles. The number of nitrogens with two attached hydrogens (primary N) is 1. The number of nitrogen functional groups attached to an aromatic ring is 1. The second kappa shape index (κ2) is 7.84. The number of carbonyl (C=O) groups is 1. The molecule has 0 aliphatic carbocycles. The highest BCUT2D eigenvalue weighted by Gasteiger charge is 2.31. The van der Waals surface area contributed by atoms with Crippen LogP contribution in [0.25, 0.3) is 11.6 Å². The number of amides is 1. The van der Waals surface area contributed by atoms with Crippen LogP contribution in [0, 0.1) is 0 Å². The van der Waals surface area contributed by atoms with Crippen molar-refractivity contribution in [1.29, 1.82) is 0 Å². The number of rotatable bonds is 6. The topological polar surface area (TPSA) is 108 Å². The molecule has 0 aliphatic heterocycles. The van der Waals surface area contributed by atoms with E-state index in [0.717, 1.165) is 23.9 Å². The Bertz CT molecular complexity index is 942. The minimum atomic E-state index is -4.78. The van der Waals surface area contributed by atoms with Crippen molar-refractivity contribution in [2.45, 2.75) is 23.7 Å². The Labute approximate surface area is 160 Å². The van der Waals surface area contributed by atoms with Crippen LogP contribution in [0.2, 0.25) is 0 Å². The van der Waals surface area contributed by atoms with Gasteiger partial charge in [-0.05, 0) is 43.3 Å². The lowest BCUT2D eigenvalue weighted by Crippen LogP contribution is -2.23. The third-order valence-corrected chi connectivity index (χ3v) is 4.47. The highest BCUT2D eigenvalue weighted by Crippen LogP contribution is 2.27. The number of thioether (sulfide) groups is 1. The fourth-order valence-corrected chi connectivity index (χ4v) is 2.90. The molecule has 2 heterocycles. The van der Waals surface area contributed by atoms with Crippen LogP contribution in [-0.4, -0.2) is 32.4 Å². The highest BCUT2D eigenvalue weighted by molar-refractivity contribution is 8.00. The van der Waals surface area contributed by atoms with Crippen molar-refractivity contribution in [2.75, 3.05) is 11.2 Å². The molecule has 2 aromatic heterocycles. The smallest absolute Gasteiger partial charge is 0.461 e. The molecule has 8 nitrogen and oxygen atoms in total. The average Bonchev–Trinajstić information content (AvgIpc) is 3.26. The van der Waals surface area contributed by atoms with Crippen LogP contribution in [0.5, 0.6) is 5.75 Å². The molecule has 0 saturated carbocycles. The van der Waals surface area contributed by atoms with Crippen molar-refractivity contribution in [3.8, 4) is 17.3 Å². The van der Waals surface area contributed by atoms with Crippen LogP contribution >= 0.6 is 11.8 Å². The fourth-order valence-electron chi connectivity index (χ4n) is 2.13. The summed E-state index contributed by atoms with van der Waals surface area (Å²) in [4.78, 5) is 12.3. The van der Waals surface area contributed by atoms with Crippen molar-refractivity contribution in [2.24, 2.45) is 0 Å². The Morgan fingerprint density at radius 3 is 2.61 bits per heavy atom. The Hall–Kier alpha value is -3.15. The van der Waals surface area contributed by atoms with E-state index < -0.39 is 17.5 Å². The van der Waals surface area contributed by atoms with Crippen molar-refractivity contribution >= 4 is 23.4 Å². The number of hydrogen-bond donors (Lipinski definition) is 2. The van der Waals surface area contributed by atoms with E-state index >= 15 is 0 Å². The van der Waals surface area contributed by atoms with Crippen molar-refractivity contribution < 1.29 is 27.1 Å². The van der Waals surface area contributed by atoms with Crippen molar-refractivity contribution in [3.05, 3.63) is 42.7 Å². The summed E-state index contributed by atoms with van der Waals surface area (Å²) in [5.41, 5.74) is 0.317. The fraction of sp³-hybridized carbons (Fsp3) is 0.188. The normalized spacial score (nSPS) is 12.6. The summed E-state index contributed by atoms with van der Waals surface area (Å²) in [5.74, 6) is 5.90. The van der Waals surface area contributed by atoms with E-state index in [0.29, 0.717) is 22.4 Å².